The zero-order chi connectivity index (χ0) is 43.4. The highest BCUT2D eigenvalue weighted by Crippen LogP contribution is 2.34. The Bertz CT molecular complexity index is 1910. The lowest BCUT2D eigenvalue weighted by Crippen LogP contribution is -2.59. The summed E-state index contributed by atoms with van der Waals surface area (Å²) in [5.41, 5.74) is 0.830. The third kappa shape index (κ3) is 12.4. The molecule has 4 amide bonds. The second-order valence-corrected chi connectivity index (χ2v) is 16.4. The van der Waals surface area contributed by atoms with Crippen molar-refractivity contribution >= 4 is 34.7 Å². The predicted octanol–water partition coefficient (Wildman–Crippen LogP) is 5.69. The number of piperazine rings is 1. The van der Waals surface area contributed by atoms with Gasteiger partial charge >= 0.3 is 6.09 Å². The Morgan fingerprint density at radius 1 is 0.850 bits per heavy atom. The number of aromatic nitrogens is 1. The van der Waals surface area contributed by atoms with Crippen molar-refractivity contribution in [2.75, 3.05) is 72.9 Å². The third-order valence-electron chi connectivity index (χ3n) is 11.0. The molecule has 1 aromatic heterocycles. The number of hydrogen-bond acceptors (Lipinski definition) is 9. The molecule has 60 heavy (non-hydrogen) atoms. The summed E-state index contributed by atoms with van der Waals surface area (Å²) in [6, 6.07) is 10.7. The molecule has 2 heterocycles. The van der Waals surface area contributed by atoms with E-state index in [0.717, 1.165) is 43.7 Å². The SMILES string of the molecule is C[C@@H](C(=O)N[C@H](C(=O)N1CCN(C(=O)c2cc3c(OCCOCCOCCOCc4ccccc4)c(F)c(F)cc3n2C)CC1)C1CCCCC1)N(C)C(=O)OC(C)(C)C. The molecule has 1 aliphatic carbocycles. The molecule has 1 N–H and O–H groups in total. The Morgan fingerprint density at radius 3 is 2.08 bits per heavy atom. The van der Waals surface area contributed by atoms with Gasteiger partial charge in [-0.3, -0.25) is 19.3 Å². The van der Waals surface area contributed by atoms with Gasteiger partial charge in [0.15, 0.2) is 11.6 Å². The Hall–Kier alpha value is -4.80. The zero-order valence-corrected chi connectivity index (χ0v) is 35.8. The first-order valence-corrected chi connectivity index (χ1v) is 20.9. The van der Waals surface area contributed by atoms with Gasteiger partial charge in [0, 0.05) is 51.7 Å². The van der Waals surface area contributed by atoms with Gasteiger partial charge in [-0.15, -0.1) is 0 Å². The van der Waals surface area contributed by atoms with Crippen molar-refractivity contribution < 1.29 is 51.6 Å². The van der Waals surface area contributed by atoms with Gasteiger partial charge in [0.25, 0.3) is 5.91 Å². The fourth-order valence-electron chi connectivity index (χ4n) is 7.42. The van der Waals surface area contributed by atoms with Crippen LogP contribution in [0.5, 0.6) is 5.75 Å². The summed E-state index contributed by atoms with van der Waals surface area (Å²) in [6.07, 6.45) is 3.88. The van der Waals surface area contributed by atoms with Gasteiger partial charge in [-0.05, 0) is 58.1 Å². The molecular weight excluding hydrogens is 781 g/mol. The van der Waals surface area contributed by atoms with E-state index in [1.54, 1.807) is 44.5 Å². The van der Waals surface area contributed by atoms with Crippen LogP contribution in [0.15, 0.2) is 42.5 Å². The fraction of sp³-hybridized carbons (Fsp3) is 0.591. The smallest absolute Gasteiger partial charge is 0.410 e. The Kier molecular flexibility index (Phi) is 16.7. The van der Waals surface area contributed by atoms with E-state index >= 15 is 4.39 Å². The molecule has 2 aliphatic rings. The largest absolute Gasteiger partial charge is 0.487 e. The van der Waals surface area contributed by atoms with Gasteiger partial charge in [0.05, 0.1) is 45.2 Å². The van der Waals surface area contributed by atoms with E-state index in [2.05, 4.69) is 5.32 Å². The number of carbonyl (C=O) groups excluding carboxylic acids is 4. The number of halogens is 2. The third-order valence-corrected chi connectivity index (χ3v) is 11.0. The van der Waals surface area contributed by atoms with Crippen LogP contribution in [0.2, 0.25) is 0 Å². The fourth-order valence-corrected chi connectivity index (χ4v) is 7.42. The maximum atomic E-state index is 15.1. The highest BCUT2D eigenvalue weighted by Gasteiger charge is 2.38. The average molecular weight is 842 g/mol. The predicted molar refractivity (Wildman–Crippen MR) is 221 cm³/mol. The second kappa shape index (κ2) is 21.6. The zero-order valence-electron chi connectivity index (χ0n) is 35.8. The molecule has 0 unspecified atom stereocenters. The summed E-state index contributed by atoms with van der Waals surface area (Å²) in [7, 11) is 3.09. The van der Waals surface area contributed by atoms with Crippen LogP contribution in [-0.2, 0) is 42.2 Å². The molecule has 0 radical (unpaired) electrons. The average Bonchev–Trinajstić information content (AvgIpc) is 3.56. The monoisotopic (exact) mass is 841 g/mol. The van der Waals surface area contributed by atoms with Crippen LogP contribution in [0.3, 0.4) is 0 Å². The van der Waals surface area contributed by atoms with Crippen LogP contribution in [0.25, 0.3) is 10.9 Å². The molecule has 330 valence electrons. The number of benzene rings is 2. The van der Waals surface area contributed by atoms with Gasteiger partial charge in [0.2, 0.25) is 17.6 Å². The number of carbonyl (C=O) groups is 4. The maximum Gasteiger partial charge on any atom is 0.410 e. The van der Waals surface area contributed by atoms with E-state index in [1.165, 1.54) is 22.6 Å². The minimum absolute atomic E-state index is 0.0640. The number of hydrogen-bond donors (Lipinski definition) is 1. The quantitative estimate of drug-likeness (QED) is 0.160. The van der Waals surface area contributed by atoms with E-state index in [9.17, 15) is 23.6 Å². The molecule has 5 rings (SSSR count). The van der Waals surface area contributed by atoms with E-state index < -0.39 is 41.3 Å². The molecule has 1 aliphatic heterocycles. The van der Waals surface area contributed by atoms with E-state index in [-0.39, 0.29) is 86.1 Å². The van der Waals surface area contributed by atoms with Crippen molar-refractivity contribution in [3.05, 3.63) is 65.4 Å². The highest BCUT2D eigenvalue weighted by atomic mass is 19.2. The number of rotatable bonds is 18. The first-order chi connectivity index (χ1) is 28.7. The second-order valence-electron chi connectivity index (χ2n) is 16.4. The van der Waals surface area contributed by atoms with Crippen molar-refractivity contribution in [2.45, 2.75) is 84.1 Å². The summed E-state index contributed by atoms with van der Waals surface area (Å²) in [5, 5.41) is 3.21. The van der Waals surface area contributed by atoms with Crippen molar-refractivity contribution in [2.24, 2.45) is 13.0 Å². The number of nitrogens with one attached hydrogen (secondary N) is 1. The lowest BCUT2D eigenvalue weighted by Gasteiger charge is -2.39. The Balaban J connectivity index is 1.13. The lowest BCUT2D eigenvalue weighted by molar-refractivity contribution is -0.140. The van der Waals surface area contributed by atoms with Crippen molar-refractivity contribution in [1.82, 2.24) is 24.6 Å². The molecule has 1 saturated carbocycles. The number of amides is 4. The van der Waals surface area contributed by atoms with Crippen LogP contribution in [0.4, 0.5) is 13.6 Å². The lowest BCUT2D eigenvalue weighted by atomic mass is 9.83. The Morgan fingerprint density at radius 2 is 1.45 bits per heavy atom. The van der Waals surface area contributed by atoms with Gasteiger partial charge in [-0.2, -0.15) is 4.39 Å². The number of likely N-dealkylation sites (N-methyl/N-ethyl adjacent to an activating group) is 1. The van der Waals surface area contributed by atoms with Crippen molar-refractivity contribution in [1.29, 1.82) is 0 Å². The molecule has 3 aromatic rings. The van der Waals surface area contributed by atoms with Crippen LogP contribution in [-0.4, -0.2) is 134 Å². The molecule has 16 heteroatoms. The first kappa shape index (κ1) is 46.3. The normalized spacial score (nSPS) is 16.1. The number of aryl methyl sites for hydroxylation is 1. The summed E-state index contributed by atoms with van der Waals surface area (Å²) in [5.74, 6) is -3.70. The van der Waals surface area contributed by atoms with Crippen LogP contribution in [0, 0.1) is 17.6 Å². The molecule has 2 fully saturated rings. The van der Waals surface area contributed by atoms with E-state index in [0.29, 0.717) is 26.4 Å². The van der Waals surface area contributed by atoms with Crippen molar-refractivity contribution in [3.8, 4) is 5.75 Å². The van der Waals surface area contributed by atoms with Crippen LogP contribution < -0.4 is 10.1 Å². The summed E-state index contributed by atoms with van der Waals surface area (Å²) in [6.45, 7) is 9.68. The number of nitrogens with zero attached hydrogens (tertiary/aromatic N) is 4. The molecule has 2 atom stereocenters. The molecule has 2 aromatic carbocycles. The van der Waals surface area contributed by atoms with Crippen LogP contribution >= 0.6 is 0 Å². The molecule has 0 spiro atoms. The van der Waals surface area contributed by atoms with E-state index in [1.807, 2.05) is 30.3 Å². The highest BCUT2D eigenvalue weighted by molar-refractivity contribution is 6.00. The maximum absolute atomic E-state index is 15.1. The minimum Gasteiger partial charge on any atom is -0.487 e. The number of fused-ring (bicyclic) bond motifs is 1. The van der Waals surface area contributed by atoms with Gasteiger partial charge in [-0.1, -0.05) is 49.6 Å². The molecule has 14 nitrogen and oxygen atoms in total. The standard InChI is InChI=1S/C44H61F2N5O9/c1-30(48(5)43(55)60-44(2,3)4)40(52)47-38(32-15-11-8-12-16-32)42(54)51-19-17-50(18-20-51)41(53)36-27-33-35(49(36)6)28-34(45)37(46)39(33)59-26-25-57-22-21-56-23-24-58-29-31-13-9-7-10-14-31/h7,9-10,13-14,27-28,30,32,38H,8,11-12,15-26,29H2,1-6H3,(H,47,52)/t30-,38-/m0/s1. The molecular formula is C44H61F2N5O9. The molecule has 0 bridgehead atoms. The van der Waals surface area contributed by atoms with Gasteiger partial charge < -0.3 is 43.4 Å². The van der Waals surface area contributed by atoms with Gasteiger partial charge in [0.1, 0.15) is 30.0 Å². The summed E-state index contributed by atoms with van der Waals surface area (Å²) < 4.78 is 59.2. The minimum atomic E-state index is -1.16. The first-order valence-electron chi connectivity index (χ1n) is 20.9. The topological polar surface area (TPSA) is 141 Å². The van der Waals surface area contributed by atoms with Crippen LogP contribution in [0.1, 0.15) is 75.9 Å². The Labute approximate surface area is 351 Å². The van der Waals surface area contributed by atoms with Crippen molar-refractivity contribution in [3.63, 3.8) is 0 Å². The summed E-state index contributed by atoms with van der Waals surface area (Å²) in [4.78, 5) is 58.7. The van der Waals surface area contributed by atoms with Gasteiger partial charge in [-0.25, -0.2) is 9.18 Å². The molecule has 1 saturated heterocycles. The van der Waals surface area contributed by atoms with E-state index in [4.69, 9.17) is 23.7 Å². The number of ether oxygens (including phenoxy) is 5. The summed E-state index contributed by atoms with van der Waals surface area (Å²) >= 11 is 0.